The third-order valence-corrected chi connectivity index (χ3v) is 3.72. The molecule has 1 aromatic carbocycles. The Hall–Kier alpha value is -1.61. The van der Waals surface area contributed by atoms with Crippen molar-refractivity contribution < 1.29 is 9.90 Å². The van der Waals surface area contributed by atoms with Gasteiger partial charge in [0.1, 0.15) is 0 Å². The summed E-state index contributed by atoms with van der Waals surface area (Å²) in [5, 5.41) is 10.9. The topological polar surface area (TPSA) is 37.3 Å². The Morgan fingerprint density at radius 1 is 1.35 bits per heavy atom. The number of carboxylic acids is 1. The van der Waals surface area contributed by atoms with Crippen molar-refractivity contribution in [3.05, 3.63) is 57.8 Å². The lowest BCUT2D eigenvalue weighted by Gasteiger charge is -2.01. The van der Waals surface area contributed by atoms with Crippen LogP contribution in [0.2, 0.25) is 0 Å². The van der Waals surface area contributed by atoms with Crippen molar-refractivity contribution in [3.8, 4) is 0 Å². The zero-order valence-electron chi connectivity index (χ0n) is 9.59. The predicted molar refractivity (Wildman–Crippen MR) is 69.6 cm³/mol. The summed E-state index contributed by atoms with van der Waals surface area (Å²) in [5.74, 6) is -1.19. The highest BCUT2D eigenvalue weighted by Crippen LogP contribution is 2.24. The summed E-state index contributed by atoms with van der Waals surface area (Å²) in [6.07, 6.45) is 0.873. The van der Waals surface area contributed by atoms with E-state index in [1.54, 1.807) is 18.3 Å². The minimum Gasteiger partial charge on any atom is -0.481 e. The lowest BCUT2D eigenvalue weighted by Crippen LogP contribution is -2.05. The minimum absolute atomic E-state index is 0.421. The number of benzene rings is 1. The molecule has 0 aliphatic rings. The summed E-state index contributed by atoms with van der Waals surface area (Å²) >= 11 is 1.63. The number of rotatable bonds is 4. The molecule has 0 fully saturated rings. The minimum atomic E-state index is -0.769. The fourth-order valence-corrected chi connectivity index (χ4v) is 2.67. The maximum absolute atomic E-state index is 10.9. The third kappa shape index (κ3) is 2.94. The van der Waals surface area contributed by atoms with Gasteiger partial charge < -0.3 is 5.11 Å². The van der Waals surface area contributed by atoms with Gasteiger partial charge in [0.15, 0.2) is 0 Å². The van der Waals surface area contributed by atoms with Crippen molar-refractivity contribution in [2.75, 3.05) is 0 Å². The second-order valence-electron chi connectivity index (χ2n) is 4.07. The van der Waals surface area contributed by atoms with Crippen molar-refractivity contribution in [1.29, 1.82) is 0 Å². The lowest BCUT2D eigenvalue weighted by molar-refractivity contribution is -0.138. The Bertz CT molecular complexity index is 502. The highest BCUT2D eigenvalue weighted by Gasteiger charge is 2.15. The summed E-state index contributed by atoms with van der Waals surface area (Å²) in [4.78, 5) is 12.1. The zero-order chi connectivity index (χ0) is 12.3. The van der Waals surface area contributed by atoms with Gasteiger partial charge in [0.25, 0.3) is 0 Å². The van der Waals surface area contributed by atoms with Crippen LogP contribution in [0.25, 0.3) is 0 Å². The van der Waals surface area contributed by atoms with Crippen LogP contribution < -0.4 is 0 Å². The van der Waals surface area contributed by atoms with Gasteiger partial charge in [-0.15, -0.1) is 11.3 Å². The molecule has 0 amide bonds. The zero-order valence-corrected chi connectivity index (χ0v) is 10.4. The molecule has 88 valence electrons. The molecule has 0 bridgehead atoms. The summed E-state index contributed by atoms with van der Waals surface area (Å²) in [6.45, 7) is 1.72. The van der Waals surface area contributed by atoms with E-state index < -0.39 is 11.9 Å². The van der Waals surface area contributed by atoms with Gasteiger partial charge in [-0.1, -0.05) is 30.3 Å². The van der Waals surface area contributed by atoms with E-state index in [-0.39, 0.29) is 0 Å². The average Bonchev–Trinajstić information content (AvgIpc) is 2.77. The Balaban J connectivity index is 2.11. The number of hydrogen-bond acceptors (Lipinski definition) is 2. The first-order chi connectivity index (χ1) is 8.16. The van der Waals surface area contributed by atoms with Crippen LogP contribution in [-0.2, 0) is 11.2 Å². The van der Waals surface area contributed by atoms with Gasteiger partial charge >= 0.3 is 5.97 Å². The molecular formula is C14H14O2S. The summed E-state index contributed by atoms with van der Waals surface area (Å²) in [6, 6.07) is 12.2. The van der Waals surface area contributed by atoms with Gasteiger partial charge in [0, 0.05) is 11.3 Å². The molecule has 2 nitrogen and oxygen atoms in total. The van der Waals surface area contributed by atoms with Gasteiger partial charge in [-0.3, -0.25) is 4.79 Å². The van der Waals surface area contributed by atoms with Crippen LogP contribution >= 0.6 is 11.3 Å². The fourth-order valence-electron chi connectivity index (χ4n) is 1.66. The van der Waals surface area contributed by atoms with Gasteiger partial charge in [0.05, 0.1) is 5.92 Å². The molecule has 1 unspecified atom stereocenters. The van der Waals surface area contributed by atoms with E-state index >= 15 is 0 Å². The third-order valence-electron chi connectivity index (χ3n) is 2.77. The molecule has 0 saturated carbocycles. The molecule has 0 aliphatic carbocycles. The Morgan fingerprint density at radius 2 is 2.06 bits per heavy atom. The van der Waals surface area contributed by atoms with E-state index in [9.17, 15) is 4.79 Å². The highest BCUT2D eigenvalue weighted by molar-refractivity contribution is 7.10. The lowest BCUT2D eigenvalue weighted by atomic mass is 10.0. The molecule has 0 aliphatic heterocycles. The molecule has 3 heteroatoms. The summed E-state index contributed by atoms with van der Waals surface area (Å²) in [7, 11) is 0. The summed E-state index contributed by atoms with van der Waals surface area (Å²) in [5.41, 5.74) is 2.15. The molecule has 1 aromatic heterocycles. The standard InChI is InChI=1S/C14H14O2S/c1-10(14(15)16)12-8-13(17-9-12)7-11-5-3-2-4-6-11/h2-6,8-10H,7H2,1H3,(H,15,16). The average molecular weight is 246 g/mol. The van der Waals surface area contributed by atoms with Crippen LogP contribution in [-0.4, -0.2) is 11.1 Å². The molecule has 0 spiro atoms. The van der Waals surface area contributed by atoms with Gasteiger partial charge in [-0.2, -0.15) is 0 Å². The molecule has 2 rings (SSSR count). The SMILES string of the molecule is CC(C(=O)O)c1csc(Cc2ccccc2)c1. The van der Waals surface area contributed by atoms with Crippen LogP contribution in [0.1, 0.15) is 28.8 Å². The molecule has 17 heavy (non-hydrogen) atoms. The van der Waals surface area contributed by atoms with E-state index in [2.05, 4.69) is 12.1 Å². The second kappa shape index (κ2) is 5.15. The Labute approximate surface area is 105 Å². The molecule has 0 saturated heterocycles. The number of carbonyl (C=O) groups is 1. The first-order valence-corrected chi connectivity index (χ1v) is 6.39. The molecule has 2 aromatic rings. The normalized spacial score (nSPS) is 12.3. The van der Waals surface area contributed by atoms with E-state index in [1.807, 2.05) is 29.6 Å². The molecular weight excluding hydrogens is 232 g/mol. The second-order valence-corrected chi connectivity index (χ2v) is 5.06. The quantitative estimate of drug-likeness (QED) is 0.896. The Kier molecular flexibility index (Phi) is 3.59. The predicted octanol–water partition coefficient (Wildman–Crippen LogP) is 3.53. The van der Waals surface area contributed by atoms with Crippen molar-refractivity contribution in [2.24, 2.45) is 0 Å². The largest absolute Gasteiger partial charge is 0.481 e. The molecule has 1 heterocycles. The van der Waals surface area contributed by atoms with Crippen LogP contribution in [0.15, 0.2) is 41.8 Å². The monoisotopic (exact) mass is 246 g/mol. The van der Waals surface area contributed by atoms with Crippen molar-refractivity contribution in [3.63, 3.8) is 0 Å². The maximum atomic E-state index is 10.9. The number of carboxylic acid groups (broad SMARTS) is 1. The van der Waals surface area contributed by atoms with E-state index in [1.165, 1.54) is 10.4 Å². The molecule has 1 N–H and O–H groups in total. The van der Waals surface area contributed by atoms with Gasteiger partial charge in [-0.05, 0) is 29.5 Å². The van der Waals surface area contributed by atoms with Crippen LogP contribution in [0.3, 0.4) is 0 Å². The fraction of sp³-hybridized carbons (Fsp3) is 0.214. The van der Waals surface area contributed by atoms with Crippen molar-refractivity contribution in [1.82, 2.24) is 0 Å². The van der Waals surface area contributed by atoms with E-state index in [4.69, 9.17) is 5.11 Å². The van der Waals surface area contributed by atoms with Gasteiger partial charge in [0.2, 0.25) is 0 Å². The summed E-state index contributed by atoms with van der Waals surface area (Å²) < 4.78 is 0. The van der Waals surface area contributed by atoms with Crippen LogP contribution in [0.5, 0.6) is 0 Å². The van der Waals surface area contributed by atoms with Crippen LogP contribution in [0.4, 0.5) is 0 Å². The molecule has 0 radical (unpaired) electrons. The van der Waals surface area contributed by atoms with Gasteiger partial charge in [-0.25, -0.2) is 0 Å². The Morgan fingerprint density at radius 3 is 2.71 bits per heavy atom. The smallest absolute Gasteiger partial charge is 0.310 e. The van der Waals surface area contributed by atoms with Crippen molar-refractivity contribution >= 4 is 17.3 Å². The first kappa shape index (κ1) is 11.9. The van der Waals surface area contributed by atoms with Crippen LogP contribution in [0, 0.1) is 0 Å². The number of hydrogen-bond donors (Lipinski definition) is 1. The first-order valence-electron chi connectivity index (χ1n) is 5.51. The van der Waals surface area contributed by atoms with E-state index in [0.717, 1.165) is 12.0 Å². The number of aliphatic carboxylic acids is 1. The van der Waals surface area contributed by atoms with E-state index in [0.29, 0.717) is 0 Å². The van der Waals surface area contributed by atoms with Crippen molar-refractivity contribution in [2.45, 2.75) is 19.3 Å². The molecule has 1 atom stereocenters. The number of thiophene rings is 1. The highest BCUT2D eigenvalue weighted by atomic mass is 32.1. The maximum Gasteiger partial charge on any atom is 0.310 e.